The minimum absolute atomic E-state index is 0.0823. The molecule has 0 fully saturated rings. The maximum atomic E-state index is 11.2. The third-order valence-corrected chi connectivity index (χ3v) is 2.98. The Hall–Kier alpha value is -2.31. The molecule has 7 nitrogen and oxygen atoms in total. The number of benzene rings is 1. The number of rotatable bonds is 6. The van der Waals surface area contributed by atoms with Crippen molar-refractivity contribution in [1.29, 1.82) is 0 Å². The smallest absolute Gasteiger partial charge is 0.329 e. The minimum atomic E-state index is -1.14. The van der Waals surface area contributed by atoms with Crippen molar-refractivity contribution in [3.05, 3.63) is 28.3 Å². The number of aliphatic carboxylic acids is 1. The highest BCUT2D eigenvalue weighted by Gasteiger charge is 2.31. The number of hydrogen-bond donors (Lipinski definition) is 2. The Labute approximate surface area is 110 Å². The Kier molecular flexibility index (Phi) is 4.31. The molecule has 0 aliphatic carbocycles. The third-order valence-electron chi connectivity index (χ3n) is 2.98. The number of methoxy groups -OCH3 is 1. The molecule has 1 atom stereocenters. The van der Waals surface area contributed by atoms with Gasteiger partial charge in [0.1, 0.15) is 5.54 Å². The molecule has 0 aliphatic rings. The Balaban J connectivity index is 3.10. The summed E-state index contributed by atoms with van der Waals surface area (Å²) in [5, 5.41) is 22.8. The number of anilines is 1. The molecule has 19 heavy (non-hydrogen) atoms. The molecule has 0 amide bonds. The first-order valence-corrected chi connectivity index (χ1v) is 5.68. The van der Waals surface area contributed by atoms with Crippen molar-refractivity contribution in [2.75, 3.05) is 12.4 Å². The second kappa shape index (κ2) is 5.55. The van der Waals surface area contributed by atoms with E-state index in [4.69, 9.17) is 9.84 Å². The third kappa shape index (κ3) is 3.12. The molecular formula is C12H16N2O5. The Bertz CT molecular complexity index is 503. The molecule has 1 rings (SSSR count). The van der Waals surface area contributed by atoms with Crippen LogP contribution in [0.5, 0.6) is 5.75 Å². The van der Waals surface area contributed by atoms with Crippen LogP contribution in [0.4, 0.5) is 11.4 Å². The highest BCUT2D eigenvalue weighted by molar-refractivity contribution is 5.82. The van der Waals surface area contributed by atoms with E-state index < -0.39 is 16.4 Å². The fraction of sp³-hybridized carbons (Fsp3) is 0.417. The molecule has 0 spiro atoms. The number of ether oxygens (including phenoxy) is 1. The van der Waals surface area contributed by atoms with Crippen LogP contribution in [-0.4, -0.2) is 28.6 Å². The molecule has 7 heteroatoms. The van der Waals surface area contributed by atoms with Crippen molar-refractivity contribution in [1.82, 2.24) is 0 Å². The summed E-state index contributed by atoms with van der Waals surface area (Å²) in [5.74, 6) is -0.911. The van der Waals surface area contributed by atoms with Crippen molar-refractivity contribution in [2.24, 2.45) is 0 Å². The van der Waals surface area contributed by atoms with Crippen LogP contribution in [0.1, 0.15) is 20.3 Å². The van der Waals surface area contributed by atoms with Crippen molar-refractivity contribution >= 4 is 17.3 Å². The maximum absolute atomic E-state index is 11.2. The van der Waals surface area contributed by atoms with Gasteiger partial charge >= 0.3 is 11.7 Å². The number of hydrogen-bond acceptors (Lipinski definition) is 5. The van der Waals surface area contributed by atoms with Crippen molar-refractivity contribution < 1.29 is 19.6 Å². The van der Waals surface area contributed by atoms with E-state index in [9.17, 15) is 14.9 Å². The van der Waals surface area contributed by atoms with Crippen LogP contribution in [0.15, 0.2) is 18.2 Å². The number of nitrogens with zero attached hydrogens (tertiary/aromatic N) is 1. The van der Waals surface area contributed by atoms with E-state index in [1.165, 1.54) is 25.3 Å². The summed E-state index contributed by atoms with van der Waals surface area (Å²) < 4.78 is 4.93. The van der Waals surface area contributed by atoms with Gasteiger partial charge in [-0.1, -0.05) is 6.92 Å². The van der Waals surface area contributed by atoms with E-state index in [0.717, 1.165) is 0 Å². The van der Waals surface area contributed by atoms with Gasteiger partial charge in [0.15, 0.2) is 5.75 Å². The summed E-state index contributed by atoms with van der Waals surface area (Å²) >= 11 is 0. The lowest BCUT2D eigenvalue weighted by molar-refractivity contribution is -0.385. The lowest BCUT2D eigenvalue weighted by Gasteiger charge is -2.26. The van der Waals surface area contributed by atoms with Crippen LogP contribution < -0.4 is 10.1 Å². The Morgan fingerprint density at radius 2 is 2.21 bits per heavy atom. The fourth-order valence-electron chi connectivity index (χ4n) is 1.52. The number of nitro benzene ring substituents is 1. The van der Waals surface area contributed by atoms with E-state index in [1.54, 1.807) is 13.8 Å². The molecular weight excluding hydrogens is 252 g/mol. The molecule has 1 unspecified atom stereocenters. The quantitative estimate of drug-likeness (QED) is 0.606. The first-order valence-electron chi connectivity index (χ1n) is 5.68. The Morgan fingerprint density at radius 1 is 1.58 bits per heavy atom. The molecule has 0 saturated heterocycles. The monoisotopic (exact) mass is 268 g/mol. The highest BCUT2D eigenvalue weighted by Crippen LogP contribution is 2.31. The van der Waals surface area contributed by atoms with Gasteiger partial charge in [-0.3, -0.25) is 10.1 Å². The zero-order valence-electron chi connectivity index (χ0n) is 11.0. The van der Waals surface area contributed by atoms with Gasteiger partial charge < -0.3 is 15.2 Å². The van der Waals surface area contributed by atoms with E-state index in [-0.39, 0.29) is 11.4 Å². The fourth-order valence-corrected chi connectivity index (χ4v) is 1.52. The Morgan fingerprint density at radius 3 is 2.63 bits per heavy atom. The SMILES string of the molecule is CCC(C)(Nc1ccc([N+](=O)[O-])c(OC)c1)C(=O)O. The molecule has 0 aliphatic heterocycles. The van der Waals surface area contributed by atoms with Crippen LogP contribution in [0.2, 0.25) is 0 Å². The average molecular weight is 268 g/mol. The predicted octanol–water partition coefficient (Wildman–Crippen LogP) is 2.27. The molecule has 104 valence electrons. The first kappa shape index (κ1) is 14.7. The van der Waals surface area contributed by atoms with Crippen LogP contribution in [0.25, 0.3) is 0 Å². The number of nitrogens with one attached hydrogen (secondary N) is 1. The number of carboxylic acid groups (broad SMARTS) is 1. The minimum Gasteiger partial charge on any atom is -0.490 e. The molecule has 0 bridgehead atoms. The van der Waals surface area contributed by atoms with E-state index in [2.05, 4.69) is 5.32 Å². The molecule has 0 saturated carbocycles. The maximum Gasteiger partial charge on any atom is 0.329 e. The first-order chi connectivity index (χ1) is 8.84. The van der Waals surface area contributed by atoms with Gasteiger partial charge in [0, 0.05) is 17.8 Å². The zero-order valence-corrected chi connectivity index (χ0v) is 11.0. The number of carbonyl (C=O) groups is 1. The lowest BCUT2D eigenvalue weighted by atomic mass is 9.98. The molecule has 0 aromatic heterocycles. The van der Waals surface area contributed by atoms with Crippen molar-refractivity contribution in [3.63, 3.8) is 0 Å². The van der Waals surface area contributed by atoms with Crippen LogP contribution in [0.3, 0.4) is 0 Å². The van der Waals surface area contributed by atoms with Gasteiger partial charge in [0.2, 0.25) is 0 Å². The second-order valence-electron chi connectivity index (χ2n) is 4.26. The standard InChI is InChI=1S/C12H16N2O5/c1-4-12(2,11(15)16)13-8-5-6-9(14(17)18)10(7-8)19-3/h5-7,13H,4H2,1-3H3,(H,15,16). The zero-order chi connectivity index (χ0) is 14.6. The summed E-state index contributed by atoms with van der Waals surface area (Å²) in [6.45, 7) is 3.28. The van der Waals surface area contributed by atoms with E-state index in [1.807, 2.05) is 0 Å². The van der Waals surface area contributed by atoms with Gasteiger partial charge in [-0.15, -0.1) is 0 Å². The second-order valence-corrected chi connectivity index (χ2v) is 4.26. The van der Waals surface area contributed by atoms with Crippen LogP contribution in [0, 0.1) is 10.1 Å². The summed E-state index contributed by atoms with van der Waals surface area (Å²) in [7, 11) is 1.32. The van der Waals surface area contributed by atoms with E-state index >= 15 is 0 Å². The van der Waals surface area contributed by atoms with Crippen LogP contribution in [-0.2, 0) is 4.79 Å². The molecule has 1 aromatic rings. The number of carboxylic acids is 1. The summed E-state index contributed by atoms with van der Waals surface area (Å²) in [6, 6.07) is 4.14. The van der Waals surface area contributed by atoms with Gasteiger partial charge in [0.05, 0.1) is 12.0 Å². The molecule has 2 N–H and O–H groups in total. The van der Waals surface area contributed by atoms with Gasteiger partial charge in [-0.05, 0) is 19.4 Å². The van der Waals surface area contributed by atoms with Gasteiger partial charge in [0.25, 0.3) is 0 Å². The normalized spacial score (nSPS) is 13.4. The number of nitro groups is 1. The van der Waals surface area contributed by atoms with E-state index in [0.29, 0.717) is 12.1 Å². The van der Waals surface area contributed by atoms with Gasteiger partial charge in [-0.25, -0.2) is 4.79 Å². The molecule has 0 heterocycles. The highest BCUT2D eigenvalue weighted by atomic mass is 16.6. The summed E-state index contributed by atoms with van der Waals surface area (Å²) in [6.07, 6.45) is 0.363. The lowest BCUT2D eigenvalue weighted by Crippen LogP contribution is -2.42. The molecule has 0 radical (unpaired) electrons. The van der Waals surface area contributed by atoms with Gasteiger partial charge in [-0.2, -0.15) is 0 Å². The van der Waals surface area contributed by atoms with Crippen LogP contribution >= 0.6 is 0 Å². The van der Waals surface area contributed by atoms with Crippen molar-refractivity contribution in [3.8, 4) is 5.75 Å². The summed E-state index contributed by atoms with van der Waals surface area (Å²) in [4.78, 5) is 21.4. The summed E-state index contributed by atoms with van der Waals surface area (Å²) in [5.41, 5.74) is -0.850. The average Bonchev–Trinajstić information content (AvgIpc) is 2.37. The molecule has 1 aromatic carbocycles. The van der Waals surface area contributed by atoms with Crippen molar-refractivity contribution in [2.45, 2.75) is 25.8 Å². The largest absolute Gasteiger partial charge is 0.490 e. The predicted molar refractivity (Wildman–Crippen MR) is 69.6 cm³/mol. The topological polar surface area (TPSA) is 102 Å².